The minimum Gasteiger partial charge on any atom is -0.450 e. The molecular formula is C26H30FN3O3. The largest absolute Gasteiger partial charge is 0.450 e. The molecule has 1 saturated carbocycles. The minimum atomic E-state index is -0.699. The molecule has 0 unspecified atom stereocenters. The van der Waals surface area contributed by atoms with E-state index in [9.17, 15) is 14.0 Å². The van der Waals surface area contributed by atoms with Gasteiger partial charge in [0.25, 0.3) is 0 Å². The van der Waals surface area contributed by atoms with E-state index in [4.69, 9.17) is 4.74 Å². The first-order valence-corrected chi connectivity index (χ1v) is 11.9. The molecule has 5 rings (SSSR count). The highest BCUT2D eigenvalue weighted by Gasteiger charge is 2.49. The lowest BCUT2D eigenvalue weighted by Crippen LogP contribution is -2.41. The van der Waals surface area contributed by atoms with Gasteiger partial charge in [-0.1, -0.05) is 0 Å². The molecule has 2 aromatic rings. The molecule has 0 atom stereocenters. The number of nitrogens with zero attached hydrogens (tertiary/aromatic N) is 3. The van der Waals surface area contributed by atoms with Gasteiger partial charge in [-0.05, 0) is 81.9 Å². The van der Waals surface area contributed by atoms with Crippen LogP contribution in [0.4, 0.5) is 4.39 Å². The van der Waals surface area contributed by atoms with Crippen molar-refractivity contribution in [3.8, 4) is 11.3 Å². The fraction of sp³-hybridized carbons (Fsp3) is 0.500. The Morgan fingerprint density at radius 1 is 1.18 bits per heavy atom. The zero-order chi connectivity index (χ0) is 23.0. The topological polar surface area (TPSA) is 62.7 Å². The monoisotopic (exact) mass is 451 g/mol. The van der Waals surface area contributed by atoms with Crippen LogP contribution in [0.15, 0.2) is 36.5 Å². The maximum Gasteiger partial charge on any atom is 0.341 e. The molecule has 1 aromatic carbocycles. The molecule has 2 fully saturated rings. The standard InChI is InChI=1S/C26H30FN3O3/c1-29(16-17-30-14-2-3-15-30)24(31)19-8-11-26(12-9-19)21-10-13-28-23(22(21)25(32)33-26)18-4-6-20(27)7-5-18/h4-7,10,13,19H,2-3,8-9,11-12,14-17H2,1H3. The summed E-state index contributed by atoms with van der Waals surface area (Å²) in [5.74, 6) is -0.570. The quantitative estimate of drug-likeness (QED) is 0.643. The molecule has 0 N–H and O–H groups in total. The second kappa shape index (κ2) is 8.86. The third kappa shape index (κ3) is 4.14. The van der Waals surface area contributed by atoms with E-state index in [1.165, 1.54) is 25.0 Å². The molecular weight excluding hydrogens is 421 g/mol. The van der Waals surface area contributed by atoms with Crippen molar-refractivity contribution in [2.24, 2.45) is 5.92 Å². The Balaban J connectivity index is 1.29. The minimum absolute atomic E-state index is 0.0413. The van der Waals surface area contributed by atoms with Crippen molar-refractivity contribution >= 4 is 11.9 Å². The van der Waals surface area contributed by atoms with E-state index in [0.717, 1.165) is 31.7 Å². The van der Waals surface area contributed by atoms with E-state index in [0.29, 0.717) is 42.5 Å². The van der Waals surface area contributed by atoms with Crippen LogP contribution in [-0.2, 0) is 15.1 Å². The summed E-state index contributed by atoms with van der Waals surface area (Å²) in [6.07, 6.45) is 6.80. The number of ether oxygens (including phenoxy) is 1. The Morgan fingerprint density at radius 3 is 2.58 bits per heavy atom. The van der Waals surface area contributed by atoms with Crippen molar-refractivity contribution in [1.29, 1.82) is 0 Å². The summed E-state index contributed by atoms with van der Waals surface area (Å²) in [6.45, 7) is 3.95. The number of aromatic nitrogens is 1. The number of likely N-dealkylation sites (N-methyl/N-ethyl adjacent to an activating group) is 1. The van der Waals surface area contributed by atoms with Crippen LogP contribution in [0.5, 0.6) is 0 Å². The summed E-state index contributed by atoms with van der Waals surface area (Å²) < 4.78 is 19.3. The van der Waals surface area contributed by atoms with E-state index in [-0.39, 0.29) is 23.6 Å². The molecule has 1 saturated heterocycles. The van der Waals surface area contributed by atoms with Crippen LogP contribution < -0.4 is 0 Å². The van der Waals surface area contributed by atoms with Crippen molar-refractivity contribution in [2.45, 2.75) is 44.1 Å². The number of benzene rings is 1. The van der Waals surface area contributed by atoms with E-state index < -0.39 is 5.60 Å². The molecule has 0 bridgehead atoms. The molecule has 6 nitrogen and oxygen atoms in total. The van der Waals surface area contributed by atoms with E-state index in [1.54, 1.807) is 18.3 Å². The molecule has 1 aromatic heterocycles. The highest BCUT2D eigenvalue weighted by atomic mass is 19.1. The van der Waals surface area contributed by atoms with Crippen LogP contribution in [0.1, 0.15) is 54.4 Å². The number of fused-ring (bicyclic) bond motifs is 2. The SMILES string of the molecule is CN(CCN1CCCC1)C(=O)C1CCC2(CC1)OC(=O)c1c2ccnc1-c1ccc(F)cc1. The van der Waals surface area contributed by atoms with E-state index in [2.05, 4.69) is 9.88 Å². The van der Waals surface area contributed by atoms with Gasteiger partial charge in [-0.15, -0.1) is 0 Å². The van der Waals surface area contributed by atoms with Gasteiger partial charge in [0.15, 0.2) is 0 Å². The molecule has 1 aliphatic carbocycles. The van der Waals surface area contributed by atoms with Crippen LogP contribution in [0.25, 0.3) is 11.3 Å². The fourth-order valence-electron chi connectivity index (χ4n) is 5.58. The second-order valence-electron chi connectivity index (χ2n) is 9.56. The van der Waals surface area contributed by atoms with Gasteiger partial charge in [0, 0.05) is 43.4 Å². The number of pyridine rings is 1. The van der Waals surface area contributed by atoms with Gasteiger partial charge in [0.2, 0.25) is 5.91 Å². The Bertz CT molecular complexity index is 1040. The summed E-state index contributed by atoms with van der Waals surface area (Å²) in [4.78, 5) is 34.7. The third-order valence-corrected chi connectivity index (χ3v) is 7.52. The van der Waals surface area contributed by atoms with Crippen LogP contribution in [0.2, 0.25) is 0 Å². The van der Waals surface area contributed by atoms with Gasteiger partial charge >= 0.3 is 5.97 Å². The van der Waals surface area contributed by atoms with Gasteiger partial charge in [-0.25, -0.2) is 9.18 Å². The van der Waals surface area contributed by atoms with Crippen molar-refractivity contribution in [2.75, 3.05) is 33.2 Å². The molecule has 2 aliphatic heterocycles. The number of carbonyl (C=O) groups excluding carboxylic acids is 2. The van der Waals surface area contributed by atoms with E-state index >= 15 is 0 Å². The molecule has 174 valence electrons. The van der Waals surface area contributed by atoms with Gasteiger partial charge < -0.3 is 14.5 Å². The van der Waals surface area contributed by atoms with Crippen LogP contribution in [0.3, 0.4) is 0 Å². The van der Waals surface area contributed by atoms with Gasteiger partial charge in [0.1, 0.15) is 11.4 Å². The number of amides is 1. The Hall–Kier alpha value is -2.80. The van der Waals surface area contributed by atoms with Crippen molar-refractivity contribution in [3.05, 3.63) is 53.5 Å². The van der Waals surface area contributed by atoms with Gasteiger partial charge in [-0.2, -0.15) is 0 Å². The number of halogens is 1. The second-order valence-corrected chi connectivity index (χ2v) is 9.56. The molecule has 33 heavy (non-hydrogen) atoms. The van der Waals surface area contributed by atoms with Crippen LogP contribution in [0, 0.1) is 11.7 Å². The lowest BCUT2D eigenvalue weighted by atomic mass is 9.74. The number of likely N-dealkylation sites (tertiary alicyclic amines) is 1. The summed E-state index contributed by atoms with van der Waals surface area (Å²) in [5, 5.41) is 0. The molecule has 7 heteroatoms. The third-order valence-electron chi connectivity index (χ3n) is 7.52. The van der Waals surface area contributed by atoms with E-state index in [1.807, 2.05) is 18.0 Å². The first-order valence-electron chi connectivity index (χ1n) is 11.9. The summed E-state index contributed by atoms with van der Waals surface area (Å²) in [5.41, 5.74) is 1.82. The van der Waals surface area contributed by atoms with Crippen molar-refractivity contribution in [1.82, 2.24) is 14.8 Å². The first kappa shape index (κ1) is 22.0. The molecule has 0 radical (unpaired) electrons. The van der Waals surface area contributed by atoms with Crippen LogP contribution in [-0.4, -0.2) is 59.9 Å². The summed E-state index contributed by atoms with van der Waals surface area (Å²) in [6, 6.07) is 7.85. The molecule has 3 aliphatic rings. The molecule has 1 spiro atoms. The average Bonchev–Trinajstić information content (AvgIpc) is 3.45. The summed E-state index contributed by atoms with van der Waals surface area (Å²) in [7, 11) is 1.90. The summed E-state index contributed by atoms with van der Waals surface area (Å²) >= 11 is 0. The van der Waals surface area contributed by atoms with Gasteiger partial charge in [-0.3, -0.25) is 9.78 Å². The Labute approximate surface area is 193 Å². The zero-order valence-electron chi connectivity index (χ0n) is 19.1. The zero-order valence-corrected chi connectivity index (χ0v) is 19.1. The predicted octanol–water partition coefficient (Wildman–Crippen LogP) is 4.00. The lowest BCUT2D eigenvalue weighted by Gasteiger charge is -2.37. The maximum atomic E-state index is 13.4. The van der Waals surface area contributed by atoms with Crippen LogP contribution >= 0.6 is 0 Å². The Morgan fingerprint density at radius 2 is 1.88 bits per heavy atom. The Kier molecular flexibility index (Phi) is 5.91. The maximum absolute atomic E-state index is 13.4. The van der Waals surface area contributed by atoms with Gasteiger partial charge in [0.05, 0.1) is 11.3 Å². The number of carbonyl (C=O) groups is 2. The van der Waals surface area contributed by atoms with Crippen molar-refractivity contribution < 1.29 is 18.7 Å². The fourth-order valence-corrected chi connectivity index (χ4v) is 5.58. The normalized spacial score (nSPS) is 24.7. The molecule has 1 amide bonds. The average molecular weight is 452 g/mol. The van der Waals surface area contributed by atoms with Crippen molar-refractivity contribution in [3.63, 3.8) is 0 Å². The lowest BCUT2D eigenvalue weighted by molar-refractivity contribution is -0.137. The number of esters is 1. The predicted molar refractivity (Wildman–Crippen MR) is 122 cm³/mol. The smallest absolute Gasteiger partial charge is 0.341 e. The number of hydrogen-bond acceptors (Lipinski definition) is 5. The molecule has 3 heterocycles. The number of rotatable bonds is 5. The first-order chi connectivity index (χ1) is 16.0. The number of hydrogen-bond donors (Lipinski definition) is 0. The highest BCUT2D eigenvalue weighted by molar-refractivity contribution is 6.00. The highest BCUT2D eigenvalue weighted by Crippen LogP contribution is 2.49.